The molecule has 3 atom stereocenters. The van der Waals surface area contributed by atoms with Crippen LogP contribution in [0.2, 0.25) is 0 Å². The number of hydrogen-bond donors (Lipinski definition) is 0. The number of ether oxygens (including phenoxy) is 1. The molecule has 2 heteroatoms. The Morgan fingerprint density at radius 1 is 1.47 bits per heavy atom. The van der Waals surface area contributed by atoms with Crippen molar-refractivity contribution in [2.24, 2.45) is 17.3 Å². The van der Waals surface area contributed by atoms with Crippen molar-refractivity contribution in [3.05, 3.63) is 23.8 Å². The number of carbonyl (C=O) groups is 1. The number of rotatable bonds is 1. The van der Waals surface area contributed by atoms with Crippen LogP contribution in [-0.4, -0.2) is 12.1 Å². The zero-order chi connectivity index (χ0) is 14.2. The second-order valence-corrected chi connectivity index (χ2v) is 6.97. The fourth-order valence-corrected chi connectivity index (χ4v) is 3.81. The first-order valence-electron chi connectivity index (χ1n) is 7.32. The van der Waals surface area contributed by atoms with E-state index in [-0.39, 0.29) is 12.1 Å². The minimum absolute atomic E-state index is 0.118. The van der Waals surface area contributed by atoms with E-state index in [4.69, 9.17) is 4.74 Å². The van der Waals surface area contributed by atoms with E-state index >= 15 is 0 Å². The van der Waals surface area contributed by atoms with Gasteiger partial charge in [-0.3, -0.25) is 4.79 Å². The van der Waals surface area contributed by atoms with Gasteiger partial charge in [0.1, 0.15) is 6.10 Å². The van der Waals surface area contributed by atoms with Gasteiger partial charge in [-0.15, -0.1) is 0 Å². The van der Waals surface area contributed by atoms with Gasteiger partial charge in [0.15, 0.2) is 0 Å². The van der Waals surface area contributed by atoms with Gasteiger partial charge in [-0.05, 0) is 49.5 Å². The van der Waals surface area contributed by atoms with Crippen LogP contribution in [0.3, 0.4) is 0 Å². The van der Waals surface area contributed by atoms with Gasteiger partial charge in [0.2, 0.25) is 0 Å². The van der Waals surface area contributed by atoms with Crippen LogP contribution in [0, 0.1) is 17.3 Å². The molecule has 19 heavy (non-hydrogen) atoms. The highest BCUT2D eigenvalue weighted by Crippen LogP contribution is 2.56. The van der Waals surface area contributed by atoms with Crippen molar-refractivity contribution in [1.29, 1.82) is 0 Å². The summed E-state index contributed by atoms with van der Waals surface area (Å²) in [6.07, 6.45) is 6.34. The number of fused-ring (bicyclic) bond motifs is 1. The van der Waals surface area contributed by atoms with Crippen LogP contribution in [0.25, 0.3) is 0 Å². The zero-order valence-electron chi connectivity index (χ0n) is 12.7. The van der Waals surface area contributed by atoms with Crippen molar-refractivity contribution in [1.82, 2.24) is 0 Å². The third kappa shape index (κ3) is 3.10. The first-order valence-corrected chi connectivity index (χ1v) is 7.32. The molecule has 0 N–H and O–H groups in total. The van der Waals surface area contributed by atoms with Crippen LogP contribution in [0.5, 0.6) is 0 Å². The van der Waals surface area contributed by atoms with E-state index in [2.05, 4.69) is 33.4 Å². The molecule has 0 aromatic heterocycles. The minimum atomic E-state index is -0.202. The lowest BCUT2D eigenvalue weighted by Gasteiger charge is -2.53. The summed E-state index contributed by atoms with van der Waals surface area (Å²) in [5.74, 6) is 1.15. The normalized spacial score (nSPS) is 36.7. The van der Waals surface area contributed by atoms with Gasteiger partial charge >= 0.3 is 5.97 Å². The van der Waals surface area contributed by atoms with Crippen LogP contribution >= 0.6 is 0 Å². The molecule has 2 rings (SSSR count). The summed E-state index contributed by atoms with van der Waals surface area (Å²) in [4.78, 5) is 11.2. The molecule has 1 saturated carbocycles. The molecule has 0 bridgehead atoms. The van der Waals surface area contributed by atoms with E-state index in [0.29, 0.717) is 11.3 Å². The van der Waals surface area contributed by atoms with Gasteiger partial charge < -0.3 is 4.74 Å². The monoisotopic (exact) mass is 262 g/mol. The molecule has 106 valence electrons. The summed E-state index contributed by atoms with van der Waals surface area (Å²) >= 11 is 0. The Morgan fingerprint density at radius 2 is 2.16 bits per heavy atom. The maximum Gasteiger partial charge on any atom is 0.303 e. The van der Waals surface area contributed by atoms with Crippen molar-refractivity contribution in [2.75, 3.05) is 0 Å². The highest BCUT2D eigenvalue weighted by atomic mass is 16.5. The zero-order valence-corrected chi connectivity index (χ0v) is 12.7. The summed E-state index contributed by atoms with van der Waals surface area (Å²) in [7, 11) is 0. The van der Waals surface area contributed by atoms with Crippen LogP contribution < -0.4 is 0 Å². The van der Waals surface area contributed by atoms with Crippen molar-refractivity contribution in [2.45, 2.75) is 59.5 Å². The SMILES string of the molecule is C=C1C[C@@H](OC(C)=O)/C=C(/C)CC[C@@H]2[C@@H]1CC2(C)C. The van der Waals surface area contributed by atoms with Crippen LogP contribution in [0.1, 0.15) is 53.4 Å². The molecule has 0 unspecified atom stereocenters. The summed E-state index contributed by atoms with van der Waals surface area (Å²) in [5.41, 5.74) is 3.04. The highest BCUT2D eigenvalue weighted by Gasteiger charge is 2.47. The molecule has 1 fully saturated rings. The molecule has 2 aliphatic rings. The predicted octanol–water partition coefficient (Wildman–Crippen LogP) is 4.27. The number of carbonyl (C=O) groups excluding carboxylic acids is 1. The fraction of sp³-hybridized carbons (Fsp3) is 0.706. The Kier molecular flexibility index (Phi) is 3.89. The van der Waals surface area contributed by atoms with Crippen molar-refractivity contribution >= 4 is 5.97 Å². The van der Waals surface area contributed by atoms with E-state index < -0.39 is 0 Å². The van der Waals surface area contributed by atoms with Crippen molar-refractivity contribution in [3.8, 4) is 0 Å². The smallest absolute Gasteiger partial charge is 0.303 e. The molecule has 2 aliphatic carbocycles. The third-order valence-corrected chi connectivity index (χ3v) is 4.86. The van der Waals surface area contributed by atoms with E-state index in [0.717, 1.165) is 18.8 Å². The Hall–Kier alpha value is -1.05. The standard InChI is InChI=1S/C17H26O2/c1-11-6-7-16-15(10-17(16,4)5)12(2)9-14(8-11)19-13(3)18/h8,14-16H,2,6-7,9-10H2,1,3-5H3/b11-8-/t14-,15+,16+/m0/s1. The Labute approximate surface area is 116 Å². The number of esters is 1. The van der Waals surface area contributed by atoms with Gasteiger partial charge in [-0.2, -0.15) is 0 Å². The molecule has 0 radical (unpaired) electrons. The van der Waals surface area contributed by atoms with E-state index in [1.165, 1.54) is 30.9 Å². The van der Waals surface area contributed by atoms with Crippen molar-refractivity contribution < 1.29 is 9.53 Å². The van der Waals surface area contributed by atoms with Crippen molar-refractivity contribution in [3.63, 3.8) is 0 Å². The third-order valence-electron chi connectivity index (χ3n) is 4.86. The number of allylic oxidation sites excluding steroid dienone is 1. The summed E-state index contributed by atoms with van der Waals surface area (Å²) in [6.45, 7) is 12.6. The lowest BCUT2D eigenvalue weighted by molar-refractivity contribution is -0.144. The van der Waals surface area contributed by atoms with Gasteiger partial charge in [-0.1, -0.05) is 31.6 Å². The van der Waals surface area contributed by atoms with Gasteiger partial charge in [0.25, 0.3) is 0 Å². The lowest BCUT2D eigenvalue weighted by atomic mass is 9.52. The quantitative estimate of drug-likeness (QED) is 0.521. The Morgan fingerprint density at radius 3 is 2.74 bits per heavy atom. The summed E-state index contributed by atoms with van der Waals surface area (Å²) in [6, 6.07) is 0. The van der Waals surface area contributed by atoms with E-state index in [1.54, 1.807) is 0 Å². The molecule has 0 saturated heterocycles. The largest absolute Gasteiger partial charge is 0.458 e. The lowest BCUT2D eigenvalue weighted by Crippen LogP contribution is -2.44. The Balaban J connectivity index is 2.15. The summed E-state index contributed by atoms with van der Waals surface area (Å²) in [5, 5.41) is 0. The van der Waals surface area contributed by atoms with Crippen LogP contribution in [-0.2, 0) is 9.53 Å². The maximum atomic E-state index is 11.2. The average Bonchev–Trinajstić information content (AvgIpc) is 2.28. The molecule has 0 spiro atoms. The number of hydrogen-bond acceptors (Lipinski definition) is 2. The van der Waals surface area contributed by atoms with Gasteiger partial charge in [0, 0.05) is 13.3 Å². The second-order valence-electron chi connectivity index (χ2n) is 6.97. The second kappa shape index (κ2) is 5.15. The molecule has 2 nitrogen and oxygen atoms in total. The Bertz CT molecular complexity index is 417. The molecule has 0 aromatic rings. The van der Waals surface area contributed by atoms with Gasteiger partial charge in [0.05, 0.1) is 0 Å². The topological polar surface area (TPSA) is 26.3 Å². The summed E-state index contributed by atoms with van der Waals surface area (Å²) < 4.78 is 5.41. The first kappa shape index (κ1) is 14.4. The van der Waals surface area contributed by atoms with Crippen LogP contribution in [0.4, 0.5) is 0 Å². The minimum Gasteiger partial charge on any atom is -0.458 e. The highest BCUT2D eigenvalue weighted by molar-refractivity contribution is 5.66. The maximum absolute atomic E-state index is 11.2. The molecule has 0 amide bonds. The van der Waals surface area contributed by atoms with E-state index in [1.807, 2.05) is 0 Å². The van der Waals surface area contributed by atoms with E-state index in [9.17, 15) is 4.79 Å². The van der Waals surface area contributed by atoms with Gasteiger partial charge in [-0.25, -0.2) is 0 Å². The predicted molar refractivity (Wildman–Crippen MR) is 77.7 cm³/mol. The molecule has 0 aliphatic heterocycles. The fourth-order valence-electron chi connectivity index (χ4n) is 3.81. The molecular weight excluding hydrogens is 236 g/mol. The molecule has 0 aromatic carbocycles. The van der Waals surface area contributed by atoms with Crippen LogP contribution in [0.15, 0.2) is 23.8 Å². The molecule has 0 heterocycles. The molecular formula is C17H26O2. The average molecular weight is 262 g/mol. The first-order chi connectivity index (χ1) is 8.79.